The molecule has 1 N–H and O–H groups in total. The first-order valence-electron chi connectivity index (χ1n) is 13.5. The van der Waals surface area contributed by atoms with E-state index in [1.807, 2.05) is 31.2 Å². The van der Waals surface area contributed by atoms with Gasteiger partial charge in [-0.2, -0.15) is 0 Å². The lowest BCUT2D eigenvalue weighted by Crippen LogP contribution is -2.33. The predicted octanol–water partition coefficient (Wildman–Crippen LogP) is 8.27. The third-order valence-electron chi connectivity index (χ3n) is 7.65. The average molecular weight is 522 g/mol. The minimum absolute atomic E-state index is 0.111. The van der Waals surface area contributed by atoms with Crippen LogP contribution in [0.15, 0.2) is 84.4 Å². The second kappa shape index (κ2) is 9.88. The molecular formula is C34H32FNO3. The normalized spacial score (nSPS) is 17.8. The topological polar surface area (TPSA) is 47.6 Å². The zero-order chi connectivity index (χ0) is 27.1. The van der Waals surface area contributed by atoms with E-state index >= 15 is 0 Å². The summed E-state index contributed by atoms with van der Waals surface area (Å²) >= 11 is 0. The van der Waals surface area contributed by atoms with Crippen LogP contribution >= 0.6 is 0 Å². The van der Waals surface area contributed by atoms with Gasteiger partial charge in [0.1, 0.15) is 12.4 Å². The van der Waals surface area contributed by atoms with Gasteiger partial charge >= 0.3 is 0 Å². The van der Waals surface area contributed by atoms with E-state index in [1.165, 1.54) is 22.9 Å². The Labute approximate surface area is 228 Å². The smallest absolute Gasteiger partial charge is 0.162 e. The van der Waals surface area contributed by atoms with E-state index in [1.54, 1.807) is 12.1 Å². The molecule has 6 rings (SSSR count). The van der Waals surface area contributed by atoms with Gasteiger partial charge in [0.25, 0.3) is 0 Å². The Morgan fingerprint density at radius 2 is 1.72 bits per heavy atom. The first-order valence-corrected chi connectivity index (χ1v) is 13.5. The molecule has 0 fully saturated rings. The molecule has 2 aliphatic rings. The molecular weight excluding hydrogens is 489 g/mol. The standard InChI is InChI=1S/C34H32FNO3/c1-4-38-30-17-23(12-16-29(30)39-20-21-9-13-24(35)14-10-21)33-32-26(18-34(2,3)19-28(32)37)31-25-8-6-5-7-22(25)11-15-27(31)36-33/h5-17,33,36H,4,18-20H2,1-3H3/t33-/m0/s1. The number of rotatable bonds is 6. The van der Waals surface area contributed by atoms with Gasteiger partial charge in [0.15, 0.2) is 17.3 Å². The van der Waals surface area contributed by atoms with Crippen LogP contribution in [-0.4, -0.2) is 12.4 Å². The molecule has 4 aromatic carbocycles. The van der Waals surface area contributed by atoms with Gasteiger partial charge in [0.05, 0.1) is 12.6 Å². The summed E-state index contributed by atoms with van der Waals surface area (Å²) in [5.74, 6) is 1.14. The first-order chi connectivity index (χ1) is 18.8. The monoisotopic (exact) mass is 521 g/mol. The number of allylic oxidation sites excluding steroid dienone is 1. The highest BCUT2D eigenvalue weighted by atomic mass is 19.1. The quantitative estimate of drug-likeness (QED) is 0.277. The van der Waals surface area contributed by atoms with Gasteiger partial charge in [-0.3, -0.25) is 4.79 Å². The number of fused-ring (bicyclic) bond motifs is 4. The number of hydrogen-bond acceptors (Lipinski definition) is 4. The van der Waals surface area contributed by atoms with Crippen molar-refractivity contribution in [3.63, 3.8) is 0 Å². The van der Waals surface area contributed by atoms with Gasteiger partial charge in [-0.1, -0.05) is 62.4 Å². The molecule has 1 atom stereocenters. The van der Waals surface area contributed by atoms with Crippen LogP contribution in [0.4, 0.5) is 10.1 Å². The molecule has 1 aliphatic carbocycles. The van der Waals surface area contributed by atoms with Crippen LogP contribution in [0.3, 0.4) is 0 Å². The summed E-state index contributed by atoms with van der Waals surface area (Å²) in [5.41, 5.74) is 5.88. The summed E-state index contributed by atoms with van der Waals surface area (Å²) in [6.45, 7) is 7.06. The van der Waals surface area contributed by atoms with Crippen molar-refractivity contribution >= 4 is 27.8 Å². The third kappa shape index (κ3) is 4.78. The molecule has 0 saturated carbocycles. The fourth-order valence-electron chi connectivity index (χ4n) is 5.92. The van der Waals surface area contributed by atoms with E-state index in [4.69, 9.17) is 9.47 Å². The Hall–Kier alpha value is -4.12. The molecule has 0 amide bonds. The third-order valence-corrected chi connectivity index (χ3v) is 7.65. The first kappa shape index (κ1) is 25.2. The molecule has 0 saturated heterocycles. The van der Waals surface area contributed by atoms with E-state index in [0.29, 0.717) is 31.1 Å². The van der Waals surface area contributed by atoms with Crippen molar-refractivity contribution in [3.05, 3.63) is 107 Å². The Bertz CT molecular complexity index is 1600. The Morgan fingerprint density at radius 3 is 2.51 bits per heavy atom. The molecule has 0 bridgehead atoms. The molecule has 1 aliphatic heterocycles. The Balaban J connectivity index is 1.42. The maximum absolute atomic E-state index is 13.8. The van der Waals surface area contributed by atoms with Crippen LogP contribution in [0, 0.1) is 11.2 Å². The molecule has 5 heteroatoms. The Kier molecular flexibility index (Phi) is 6.38. The number of carbonyl (C=O) groups excluding carboxylic acids is 1. The molecule has 0 unspecified atom stereocenters. The largest absolute Gasteiger partial charge is 0.490 e. The number of halogens is 1. The second-order valence-electron chi connectivity index (χ2n) is 11.2. The van der Waals surface area contributed by atoms with Crippen LogP contribution in [0.1, 0.15) is 56.3 Å². The summed E-state index contributed by atoms with van der Waals surface area (Å²) in [6.07, 6.45) is 1.35. The number of Topliss-reactive ketones (excluding diaryl/α,β-unsaturated/α-hetero) is 1. The summed E-state index contributed by atoms with van der Waals surface area (Å²) in [4.78, 5) is 13.8. The fraction of sp³-hybridized carbons (Fsp3) is 0.265. The number of benzene rings is 4. The minimum Gasteiger partial charge on any atom is -0.490 e. The summed E-state index contributed by atoms with van der Waals surface area (Å²) in [7, 11) is 0. The maximum Gasteiger partial charge on any atom is 0.162 e. The van der Waals surface area contributed by atoms with Crippen molar-refractivity contribution in [1.29, 1.82) is 0 Å². The van der Waals surface area contributed by atoms with Crippen molar-refractivity contribution in [1.82, 2.24) is 0 Å². The van der Waals surface area contributed by atoms with E-state index in [9.17, 15) is 9.18 Å². The van der Waals surface area contributed by atoms with Gasteiger partial charge < -0.3 is 14.8 Å². The number of ketones is 1. The minimum atomic E-state index is -0.289. The lowest BCUT2D eigenvalue weighted by Gasteiger charge is -2.40. The molecule has 198 valence electrons. The number of ether oxygens (including phenoxy) is 2. The van der Waals surface area contributed by atoms with Gasteiger partial charge in [-0.05, 0) is 76.6 Å². The van der Waals surface area contributed by atoms with Crippen LogP contribution in [0.2, 0.25) is 0 Å². The van der Waals surface area contributed by atoms with E-state index in [-0.39, 0.29) is 23.1 Å². The molecule has 39 heavy (non-hydrogen) atoms. The summed E-state index contributed by atoms with van der Waals surface area (Å²) in [6, 6.07) is 24.5. The van der Waals surface area contributed by atoms with Crippen molar-refractivity contribution in [3.8, 4) is 11.5 Å². The van der Waals surface area contributed by atoms with Crippen LogP contribution in [0.25, 0.3) is 16.3 Å². The highest BCUT2D eigenvalue weighted by molar-refractivity contribution is 6.12. The summed E-state index contributed by atoms with van der Waals surface area (Å²) in [5, 5.41) is 6.04. The van der Waals surface area contributed by atoms with E-state index in [0.717, 1.165) is 39.9 Å². The number of carbonyl (C=O) groups is 1. The average Bonchev–Trinajstić information content (AvgIpc) is 2.92. The van der Waals surface area contributed by atoms with Gasteiger partial charge in [0, 0.05) is 23.2 Å². The molecule has 1 heterocycles. The highest BCUT2D eigenvalue weighted by Crippen LogP contribution is 2.52. The molecule has 4 aromatic rings. The SMILES string of the molecule is CCOc1cc([C@@H]2Nc3ccc4ccccc4c3C3=C2C(=O)CC(C)(C)C3)ccc1OCc1ccc(F)cc1. The maximum atomic E-state index is 13.8. The zero-order valence-electron chi connectivity index (χ0n) is 22.5. The van der Waals surface area contributed by atoms with Crippen molar-refractivity contribution < 1.29 is 18.7 Å². The highest BCUT2D eigenvalue weighted by Gasteiger charge is 2.41. The van der Waals surface area contributed by atoms with Crippen molar-refractivity contribution in [2.24, 2.45) is 5.41 Å². The van der Waals surface area contributed by atoms with Crippen molar-refractivity contribution in [2.45, 2.75) is 46.3 Å². The van der Waals surface area contributed by atoms with Crippen LogP contribution in [0.5, 0.6) is 11.5 Å². The summed E-state index contributed by atoms with van der Waals surface area (Å²) < 4.78 is 25.4. The number of hydrogen-bond donors (Lipinski definition) is 1. The lowest BCUT2D eigenvalue weighted by atomic mass is 9.68. The fourth-order valence-corrected chi connectivity index (χ4v) is 5.92. The molecule has 0 aromatic heterocycles. The zero-order valence-corrected chi connectivity index (χ0v) is 22.5. The van der Waals surface area contributed by atoms with Crippen LogP contribution < -0.4 is 14.8 Å². The lowest BCUT2D eigenvalue weighted by molar-refractivity contribution is -0.118. The molecule has 0 spiro atoms. The number of anilines is 1. The predicted molar refractivity (Wildman–Crippen MR) is 154 cm³/mol. The number of nitrogens with one attached hydrogen (secondary N) is 1. The second-order valence-corrected chi connectivity index (χ2v) is 11.2. The van der Waals surface area contributed by atoms with E-state index in [2.05, 4.69) is 49.5 Å². The Morgan fingerprint density at radius 1 is 0.923 bits per heavy atom. The van der Waals surface area contributed by atoms with Crippen molar-refractivity contribution in [2.75, 3.05) is 11.9 Å². The van der Waals surface area contributed by atoms with Gasteiger partial charge in [0.2, 0.25) is 0 Å². The van der Waals surface area contributed by atoms with Gasteiger partial charge in [-0.15, -0.1) is 0 Å². The van der Waals surface area contributed by atoms with Gasteiger partial charge in [-0.25, -0.2) is 4.39 Å². The van der Waals surface area contributed by atoms with Crippen LogP contribution in [-0.2, 0) is 11.4 Å². The molecule has 4 nitrogen and oxygen atoms in total. The molecule has 0 radical (unpaired) electrons. The van der Waals surface area contributed by atoms with E-state index < -0.39 is 0 Å².